The summed E-state index contributed by atoms with van der Waals surface area (Å²) < 4.78 is 10.5. The topological polar surface area (TPSA) is 87.6 Å². The molecule has 2 aromatic carbocycles. The minimum Gasteiger partial charge on any atom is -0.497 e. The van der Waals surface area contributed by atoms with Crippen molar-refractivity contribution in [2.24, 2.45) is 0 Å². The molecule has 0 bridgehead atoms. The molecule has 2 rings (SSSR count). The molecule has 6 heteroatoms. The Hall–Kier alpha value is -2.76. The number of nitrogen functional groups attached to an aromatic ring is 1. The maximum atomic E-state index is 10.9. The van der Waals surface area contributed by atoms with Crippen LogP contribution in [0.25, 0.3) is 0 Å². The van der Waals surface area contributed by atoms with Crippen LogP contribution >= 0.6 is 0 Å². The molecule has 0 aliphatic heterocycles. The van der Waals surface area contributed by atoms with Crippen molar-refractivity contribution in [3.8, 4) is 11.5 Å². The fraction of sp³-hybridized carbons (Fsp3) is 0.143. The molecular weight excluding hydrogens is 260 g/mol. The van der Waals surface area contributed by atoms with E-state index in [0.29, 0.717) is 5.69 Å². The van der Waals surface area contributed by atoms with E-state index < -0.39 is 4.92 Å². The van der Waals surface area contributed by atoms with Crippen LogP contribution in [0.5, 0.6) is 11.5 Å². The zero-order valence-electron chi connectivity index (χ0n) is 10.9. The number of rotatable bonds is 5. The fourth-order valence-corrected chi connectivity index (χ4v) is 1.68. The van der Waals surface area contributed by atoms with Crippen LogP contribution in [0, 0.1) is 10.1 Å². The number of nitrogens with zero attached hydrogens (tertiary/aromatic N) is 1. The van der Waals surface area contributed by atoms with Gasteiger partial charge in [-0.25, -0.2) is 0 Å². The molecule has 0 atom stereocenters. The molecule has 2 aromatic rings. The number of hydrogen-bond donors (Lipinski definition) is 1. The number of benzene rings is 2. The van der Waals surface area contributed by atoms with E-state index in [4.69, 9.17) is 15.2 Å². The van der Waals surface area contributed by atoms with Crippen LogP contribution in [0.4, 0.5) is 11.4 Å². The van der Waals surface area contributed by atoms with Crippen LogP contribution in [-0.2, 0) is 6.61 Å². The van der Waals surface area contributed by atoms with Crippen LogP contribution in [0.1, 0.15) is 5.56 Å². The number of nitro benzene ring substituents is 1. The summed E-state index contributed by atoms with van der Waals surface area (Å²) in [5, 5.41) is 10.9. The minimum atomic E-state index is -0.514. The van der Waals surface area contributed by atoms with Crippen molar-refractivity contribution in [3.63, 3.8) is 0 Å². The number of nitro groups is 1. The second-order valence-corrected chi connectivity index (χ2v) is 4.12. The standard InChI is InChI=1S/C14H14N2O4/c1-19-12-5-2-10(3-6-12)9-20-14-7-4-11(15)8-13(14)16(17)18/h2-8H,9,15H2,1H3. The van der Waals surface area contributed by atoms with Crippen molar-refractivity contribution in [3.05, 3.63) is 58.1 Å². The first-order valence-corrected chi connectivity index (χ1v) is 5.90. The Morgan fingerprint density at radius 2 is 1.90 bits per heavy atom. The fourth-order valence-electron chi connectivity index (χ4n) is 1.68. The van der Waals surface area contributed by atoms with Gasteiger partial charge in [0, 0.05) is 11.8 Å². The maximum absolute atomic E-state index is 10.9. The summed E-state index contributed by atoms with van der Waals surface area (Å²) in [4.78, 5) is 10.4. The summed E-state index contributed by atoms with van der Waals surface area (Å²) in [6.45, 7) is 0.231. The van der Waals surface area contributed by atoms with E-state index >= 15 is 0 Å². The highest BCUT2D eigenvalue weighted by Gasteiger charge is 2.15. The first kappa shape index (κ1) is 13.7. The number of ether oxygens (including phenoxy) is 2. The predicted molar refractivity (Wildman–Crippen MR) is 74.8 cm³/mol. The third-order valence-electron chi connectivity index (χ3n) is 2.73. The summed E-state index contributed by atoms with van der Waals surface area (Å²) in [7, 11) is 1.59. The molecule has 0 saturated heterocycles. The monoisotopic (exact) mass is 274 g/mol. The van der Waals surface area contributed by atoms with E-state index in [9.17, 15) is 10.1 Å². The second kappa shape index (κ2) is 5.92. The molecular formula is C14H14N2O4. The molecule has 0 heterocycles. The van der Waals surface area contributed by atoms with Crippen molar-refractivity contribution in [1.29, 1.82) is 0 Å². The molecule has 0 amide bonds. The Morgan fingerprint density at radius 3 is 2.50 bits per heavy atom. The molecule has 0 aromatic heterocycles. The quantitative estimate of drug-likeness (QED) is 0.514. The average Bonchev–Trinajstić information content (AvgIpc) is 2.46. The van der Waals surface area contributed by atoms with Crippen LogP contribution in [0.15, 0.2) is 42.5 Å². The van der Waals surface area contributed by atoms with Crippen molar-refractivity contribution in [1.82, 2.24) is 0 Å². The molecule has 0 fully saturated rings. The Labute approximate surface area is 115 Å². The van der Waals surface area contributed by atoms with Gasteiger partial charge in [-0.3, -0.25) is 10.1 Å². The normalized spacial score (nSPS) is 10.1. The third-order valence-corrected chi connectivity index (χ3v) is 2.73. The van der Waals surface area contributed by atoms with Gasteiger partial charge in [0.05, 0.1) is 12.0 Å². The lowest BCUT2D eigenvalue weighted by Gasteiger charge is -2.08. The zero-order valence-corrected chi connectivity index (χ0v) is 10.9. The molecule has 0 aliphatic rings. The first-order valence-electron chi connectivity index (χ1n) is 5.90. The smallest absolute Gasteiger partial charge is 0.312 e. The number of methoxy groups -OCH3 is 1. The lowest BCUT2D eigenvalue weighted by molar-refractivity contribution is -0.385. The van der Waals surface area contributed by atoms with E-state index in [1.165, 1.54) is 12.1 Å². The highest BCUT2D eigenvalue weighted by Crippen LogP contribution is 2.29. The van der Waals surface area contributed by atoms with Gasteiger partial charge in [-0.1, -0.05) is 12.1 Å². The molecule has 6 nitrogen and oxygen atoms in total. The Bertz CT molecular complexity index is 611. The van der Waals surface area contributed by atoms with E-state index in [0.717, 1.165) is 11.3 Å². The van der Waals surface area contributed by atoms with Crippen LogP contribution in [-0.4, -0.2) is 12.0 Å². The van der Waals surface area contributed by atoms with Crippen molar-refractivity contribution < 1.29 is 14.4 Å². The lowest BCUT2D eigenvalue weighted by Crippen LogP contribution is -2.00. The number of anilines is 1. The number of hydrogen-bond acceptors (Lipinski definition) is 5. The Kier molecular flexibility index (Phi) is 4.05. The summed E-state index contributed by atoms with van der Waals surface area (Å²) >= 11 is 0. The van der Waals surface area contributed by atoms with E-state index in [1.54, 1.807) is 25.3 Å². The van der Waals surface area contributed by atoms with Gasteiger partial charge in [0.25, 0.3) is 0 Å². The molecule has 0 radical (unpaired) electrons. The van der Waals surface area contributed by atoms with Gasteiger partial charge in [0.15, 0.2) is 5.75 Å². The van der Waals surface area contributed by atoms with Crippen LogP contribution in [0.2, 0.25) is 0 Å². The maximum Gasteiger partial charge on any atom is 0.312 e. The van der Waals surface area contributed by atoms with Crippen LogP contribution in [0.3, 0.4) is 0 Å². The average molecular weight is 274 g/mol. The molecule has 0 spiro atoms. The Balaban J connectivity index is 2.12. The predicted octanol–water partition coefficient (Wildman–Crippen LogP) is 2.76. The van der Waals surface area contributed by atoms with Gasteiger partial charge in [-0.15, -0.1) is 0 Å². The van der Waals surface area contributed by atoms with E-state index in [-0.39, 0.29) is 18.0 Å². The molecule has 0 unspecified atom stereocenters. The Morgan fingerprint density at radius 1 is 1.20 bits per heavy atom. The van der Waals surface area contributed by atoms with E-state index in [1.807, 2.05) is 12.1 Å². The van der Waals surface area contributed by atoms with Gasteiger partial charge in [0.2, 0.25) is 0 Å². The lowest BCUT2D eigenvalue weighted by atomic mass is 10.2. The highest BCUT2D eigenvalue weighted by atomic mass is 16.6. The molecule has 2 N–H and O–H groups in total. The van der Waals surface area contributed by atoms with Gasteiger partial charge < -0.3 is 15.2 Å². The van der Waals surface area contributed by atoms with Gasteiger partial charge in [-0.2, -0.15) is 0 Å². The second-order valence-electron chi connectivity index (χ2n) is 4.12. The molecule has 104 valence electrons. The highest BCUT2D eigenvalue weighted by molar-refractivity contribution is 5.56. The SMILES string of the molecule is COc1ccc(COc2ccc(N)cc2[N+](=O)[O-])cc1. The van der Waals surface area contributed by atoms with Crippen molar-refractivity contribution in [2.75, 3.05) is 12.8 Å². The largest absolute Gasteiger partial charge is 0.497 e. The molecule has 20 heavy (non-hydrogen) atoms. The van der Waals surface area contributed by atoms with Crippen LogP contribution < -0.4 is 15.2 Å². The summed E-state index contributed by atoms with van der Waals surface area (Å²) in [6, 6.07) is 11.6. The summed E-state index contributed by atoms with van der Waals surface area (Å²) in [5.74, 6) is 0.937. The first-order chi connectivity index (χ1) is 9.60. The van der Waals surface area contributed by atoms with E-state index in [2.05, 4.69) is 0 Å². The van der Waals surface area contributed by atoms with Gasteiger partial charge in [-0.05, 0) is 29.8 Å². The zero-order chi connectivity index (χ0) is 14.5. The molecule has 0 saturated carbocycles. The third kappa shape index (κ3) is 3.17. The molecule has 0 aliphatic carbocycles. The summed E-state index contributed by atoms with van der Waals surface area (Å²) in [6.07, 6.45) is 0. The van der Waals surface area contributed by atoms with Gasteiger partial charge >= 0.3 is 5.69 Å². The van der Waals surface area contributed by atoms with Gasteiger partial charge in [0.1, 0.15) is 12.4 Å². The van der Waals surface area contributed by atoms with Crippen molar-refractivity contribution >= 4 is 11.4 Å². The number of nitrogens with two attached hydrogens (primary N) is 1. The summed E-state index contributed by atoms with van der Waals surface area (Å²) in [5.41, 5.74) is 6.60. The van der Waals surface area contributed by atoms with Crippen molar-refractivity contribution in [2.45, 2.75) is 6.61 Å². The minimum absolute atomic E-state index is 0.140.